The largest absolute Gasteiger partial charge is 0.507 e. The van der Waals surface area contributed by atoms with Crippen LogP contribution in [0.3, 0.4) is 0 Å². The van der Waals surface area contributed by atoms with Gasteiger partial charge in [0.05, 0.1) is 0 Å². The fourth-order valence-corrected chi connectivity index (χ4v) is 0.758. The lowest BCUT2D eigenvalue weighted by atomic mass is 10.2. The molecule has 1 aromatic rings. The Morgan fingerprint density at radius 1 is 1.42 bits per heavy atom. The van der Waals surface area contributed by atoms with Gasteiger partial charge < -0.3 is 10.2 Å². The number of nitrogens with one attached hydrogen (secondary N) is 1. The fraction of sp³-hybridized carbons (Fsp3) is 0.167. The van der Waals surface area contributed by atoms with Crippen molar-refractivity contribution in [2.24, 2.45) is 0 Å². The topological polar surface area (TPSA) is 73.3 Å². The van der Waals surface area contributed by atoms with Crippen molar-refractivity contribution in [1.29, 1.82) is 0 Å². The molecule has 0 unspecified atom stereocenters. The van der Waals surface area contributed by atoms with Crippen molar-refractivity contribution in [2.45, 2.75) is 6.43 Å². The molecule has 1 heterocycles. The average Bonchev–Trinajstić information content (AvgIpc) is 1.82. The molecule has 0 saturated heterocycles. The summed E-state index contributed by atoms with van der Waals surface area (Å²) in [6.07, 6.45) is -3.03. The Kier molecular flexibility index (Phi) is 1.99. The van der Waals surface area contributed by atoms with Crippen LogP contribution >= 0.6 is 0 Å². The van der Waals surface area contributed by atoms with Crippen LogP contribution in [-0.4, -0.2) is 15.2 Å². The van der Waals surface area contributed by atoms with Gasteiger partial charge in [-0.25, -0.2) is 8.78 Å². The molecule has 6 heteroatoms. The lowest BCUT2D eigenvalue weighted by Gasteiger charge is -2.03. The van der Waals surface area contributed by atoms with Crippen LogP contribution in [0.25, 0.3) is 0 Å². The third kappa shape index (κ3) is 1.36. The van der Waals surface area contributed by atoms with Crippen LogP contribution in [0, 0.1) is 0 Å². The zero-order valence-corrected chi connectivity index (χ0v) is 5.71. The highest BCUT2D eigenvalue weighted by Gasteiger charge is 2.18. The highest BCUT2D eigenvalue weighted by Crippen LogP contribution is 2.32. The van der Waals surface area contributed by atoms with Crippen LogP contribution in [0.15, 0.2) is 10.9 Å². The number of aromatic amines is 1. The summed E-state index contributed by atoms with van der Waals surface area (Å²) >= 11 is 0. The molecule has 3 N–H and O–H groups in total. The first-order chi connectivity index (χ1) is 5.52. The monoisotopic (exact) mass is 177 g/mol. The van der Waals surface area contributed by atoms with Crippen molar-refractivity contribution in [1.82, 2.24) is 4.98 Å². The van der Waals surface area contributed by atoms with Crippen LogP contribution in [0.5, 0.6) is 11.6 Å². The second kappa shape index (κ2) is 2.80. The van der Waals surface area contributed by atoms with E-state index in [2.05, 4.69) is 0 Å². The lowest BCUT2D eigenvalue weighted by molar-refractivity contribution is 0.142. The van der Waals surface area contributed by atoms with Gasteiger partial charge in [0, 0.05) is 6.07 Å². The molecule has 0 saturated carbocycles. The van der Waals surface area contributed by atoms with E-state index >= 15 is 0 Å². The number of hydrogen-bond acceptors (Lipinski definition) is 3. The van der Waals surface area contributed by atoms with Crippen molar-refractivity contribution in [3.8, 4) is 11.6 Å². The van der Waals surface area contributed by atoms with Gasteiger partial charge in [-0.15, -0.1) is 0 Å². The molecule has 1 rings (SSSR count). The minimum Gasteiger partial charge on any atom is -0.507 e. The molecule has 0 aliphatic heterocycles. The van der Waals surface area contributed by atoms with E-state index in [1.165, 1.54) is 0 Å². The van der Waals surface area contributed by atoms with E-state index in [0.717, 1.165) is 0 Å². The van der Waals surface area contributed by atoms with Crippen molar-refractivity contribution >= 4 is 0 Å². The summed E-state index contributed by atoms with van der Waals surface area (Å²) in [6, 6.07) is 0.571. The number of rotatable bonds is 1. The van der Waals surface area contributed by atoms with E-state index in [4.69, 9.17) is 10.2 Å². The van der Waals surface area contributed by atoms with E-state index in [-0.39, 0.29) is 0 Å². The lowest BCUT2D eigenvalue weighted by Crippen LogP contribution is -2.05. The molecule has 66 valence electrons. The van der Waals surface area contributed by atoms with Crippen LogP contribution in [-0.2, 0) is 0 Å². The molecule has 0 aliphatic carbocycles. The van der Waals surface area contributed by atoms with Gasteiger partial charge in [-0.05, 0) is 0 Å². The summed E-state index contributed by atoms with van der Waals surface area (Å²) in [5.41, 5.74) is -1.80. The molecule has 0 aliphatic rings. The minimum atomic E-state index is -3.03. The molecule has 0 bridgehead atoms. The van der Waals surface area contributed by atoms with Gasteiger partial charge in [0.2, 0.25) is 5.88 Å². The molecule has 4 nitrogen and oxygen atoms in total. The second-order valence-corrected chi connectivity index (χ2v) is 2.08. The first-order valence-corrected chi connectivity index (χ1v) is 2.95. The maximum atomic E-state index is 12.0. The first-order valence-electron chi connectivity index (χ1n) is 2.95. The predicted molar refractivity (Wildman–Crippen MR) is 35.3 cm³/mol. The van der Waals surface area contributed by atoms with Gasteiger partial charge in [0.1, 0.15) is 11.3 Å². The van der Waals surface area contributed by atoms with E-state index < -0.39 is 29.2 Å². The van der Waals surface area contributed by atoms with Gasteiger partial charge in [-0.2, -0.15) is 0 Å². The number of aromatic nitrogens is 1. The van der Waals surface area contributed by atoms with Crippen LogP contribution < -0.4 is 5.56 Å². The highest BCUT2D eigenvalue weighted by molar-refractivity contribution is 5.38. The van der Waals surface area contributed by atoms with Gasteiger partial charge in [-0.3, -0.25) is 9.78 Å². The van der Waals surface area contributed by atoms with Crippen molar-refractivity contribution in [3.05, 3.63) is 22.0 Å². The van der Waals surface area contributed by atoms with E-state index in [1.807, 2.05) is 0 Å². The Morgan fingerprint density at radius 3 is 2.42 bits per heavy atom. The Labute approximate surface area is 65.1 Å². The van der Waals surface area contributed by atoms with Crippen molar-refractivity contribution in [2.75, 3.05) is 0 Å². The molecular formula is C6H5F2NO3. The molecule has 0 atom stereocenters. The standard InChI is InChI=1S/C6H5F2NO3/c7-5(8)4-2(10)1-3(11)9-6(4)12/h1,5H,(H3,9,10,11,12). The van der Waals surface area contributed by atoms with E-state index in [0.29, 0.717) is 6.07 Å². The number of alkyl halides is 2. The molecule has 12 heavy (non-hydrogen) atoms. The van der Waals surface area contributed by atoms with Crippen molar-refractivity contribution in [3.63, 3.8) is 0 Å². The quantitative estimate of drug-likeness (QED) is 0.591. The molecule has 0 fully saturated rings. The minimum absolute atomic E-state index is 0.571. The summed E-state index contributed by atoms with van der Waals surface area (Å²) < 4.78 is 24.0. The average molecular weight is 177 g/mol. The third-order valence-electron chi connectivity index (χ3n) is 1.26. The summed E-state index contributed by atoms with van der Waals surface area (Å²) in [4.78, 5) is 12.2. The normalized spacial score (nSPS) is 10.6. The molecular weight excluding hydrogens is 172 g/mol. The van der Waals surface area contributed by atoms with Gasteiger partial charge in [-0.1, -0.05) is 0 Å². The Balaban J connectivity index is 3.38. The maximum absolute atomic E-state index is 12.0. The first kappa shape index (κ1) is 8.51. The maximum Gasteiger partial charge on any atom is 0.272 e. The summed E-state index contributed by atoms with van der Waals surface area (Å²) in [7, 11) is 0. The zero-order chi connectivity index (χ0) is 9.30. The Hall–Kier alpha value is -1.59. The van der Waals surface area contributed by atoms with E-state index in [9.17, 15) is 13.6 Å². The summed E-state index contributed by atoms with van der Waals surface area (Å²) in [6.45, 7) is 0. The van der Waals surface area contributed by atoms with Crippen LogP contribution in [0.4, 0.5) is 8.78 Å². The van der Waals surface area contributed by atoms with Gasteiger partial charge in [0.25, 0.3) is 12.0 Å². The fourth-order valence-electron chi connectivity index (χ4n) is 0.758. The number of pyridine rings is 1. The predicted octanol–water partition coefficient (Wildman–Crippen LogP) is 0.724. The molecule has 0 amide bonds. The summed E-state index contributed by atoms with van der Waals surface area (Å²) in [5.74, 6) is -1.92. The molecule has 0 aromatic carbocycles. The van der Waals surface area contributed by atoms with Gasteiger partial charge in [0.15, 0.2) is 0 Å². The number of aromatic hydroxyl groups is 2. The highest BCUT2D eigenvalue weighted by atomic mass is 19.3. The van der Waals surface area contributed by atoms with Crippen LogP contribution in [0.1, 0.15) is 12.0 Å². The molecule has 1 aromatic heterocycles. The smallest absolute Gasteiger partial charge is 0.272 e. The summed E-state index contributed by atoms with van der Waals surface area (Å²) in [5, 5.41) is 17.5. The van der Waals surface area contributed by atoms with Crippen LogP contribution in [0.2, 0.25) is 0 Å². The van der Waals surface area contributed by atoms with E-state index in [1.54, 1.807) is 4.98 Å². The zero-order valence-electron chi connectivity index (χ0n) is 5.71. The SMILES string of the molecule is O=c1cc(O)c(C(F)F)c(O)[nH]1. The molecule has 0 radical (unpaired) electrons. The Bertz CT molecular complexity index is 321. The number of hydrogen-bond donors (Lipinski definition) is 3. The number of H-pyrrole nitrogens is 1. The second-order valence-electron chi connectivity index (χ2n) is 2.08. The van der Waals surface area contributed by atoms with Crippen molar-refractivity contribution < 1.29 is 19.0 Å². The molecule has 0 spiro atoms. The number of halogens is 2. The Morgan fingerprint density at radius 2 is 2.00 bits per heavy atom. The third-order valence-corrected chi connectivity index (χ3v) is 1.26. The van der Waals surface area contributed by atoms with Gasteiger partial charge >= 0.3 is 0 Å².